The normalized spacial score (nSPS) is 18.0. The molecule has 3 heteroatoms. The van der Waals surface area contributed by atoms with E-state index >= 15 is 0 Å². The number of rotatable bonds is 2. The van der Waals surface area contributed by atoms with Crippen LogP contribution in [0, 0.1) is 17.6 Å². The Kier molecular flexibility index (Phi) is 3.31. The molecule has 0 aromatic heterocycles. The van der Waals surface area contributed by atoms with Crippen molar-refractivity contribution in [2.45, 2.75) is 19.3 Å². The van der Waals surface area contributed by atoms with Crippen molar-refractivity contribution in [2.24, 2.45) is 5.92 Å². The van der Waals surface area contributed by atoms with E-state index in [0.717, 1.165) is 25.9 Å². The molecular formula is C12H15F2N. The predicted molar refractivity (Wildman–Crippen MR) is 55.7 cm³/mol. The van der Waals surface area contributed by atoms with E-state index in [4.69, 9.17) is 0 Å². The molecule has 82 valence electrons. The third-order valence-electron chi connectivity index (χ3n) is 3.01. The van der Waals surface area contributed by atoms with Gasteiger partial charge < -0.3 is 5.32 Å². The minimum atomic E-state index is -0.409. The van der Waals surface area contributed by atoms with Gasteiger partial charge in [-0.05, 0) is 50.4 Å². The summed E-state index contributed by atoms with van der Waals surface area (Å²) in [6, 6.07) is 4.08. The first-order valence-electron chi connectivity index (χ1n) is 5.41. The number of hydrogen-bond donors (Lipinski definition) is 1. The zero-order valence-electron chi connectivity index (χ0n) is 8.60. The Morgan fingerprint density at radius 3 is 2.33 bits per heavy atom. The summed E-state index contributed by atoms with van der Waals surface area (Å²) in [5.74, 6) is -0.403. The number of benzene rings is 1. The highest BCUT2D eigenvalue weighted by Gasteiger charge is 2.17. The molecule has 0 atom stereocenters. The van der Waals surface area contributed by atoms with Crippen molar-refractivity contribution in [3.8, 4) is 0 Å². The molecule has 0 unspecified atom stereocenters. The summed E-state index contributed by atoms with van der Waals surface area (Å²) in [6.07, 6.45) is 2.54. The summed E-state index contributed by atoms with van der Waals surface area (Å²) in [5.41, 5.74) is 0.254. The Bertz CT molecular complexity index is 312. The second-order valence-electron chi connectivity index (χ2n) is 4.10. The monoisotopic (exact) mass is 211 g/mol. The highest BCUT2D eigenvalue weighted by atomic mass is 19.1. The fourth-order valence-corrected chi connectivity index (χ4v) is 2.10. The van der Waals surface area contributed by atoms with E-state index < -0.39 is 11.6 Å². The lowest BCUT2D eigenvalue weighted by molar-refractivity contribution is 0.363. The van der Waals surface area contributed by atoms with Gasteiger partial charge in [0.15, 0.2) is 0 Å². The molecular weight excluding hydrogens is 196 g/mol. The lowest BCUT2D eigenvalue weighted by Gasteiger charge is -2.22. The summed E-state index contributed by atoms with van der Waals surface area (Å²) < 4.78 is 26.7. The summed E-state index contributed by atoms with van der Waals surface area (Å²) >= 11 is 0. The van der Waals surface area contributed by atoms with Crippen LogP contribution in [-0.2, 0) is 6.42 Å². The molecule has 1 aliphatic heterocycles. The molecule has 1 fully saturated rings. The van der Waals surface area contributed by atoms with Gasteiger partial charge in [0.25, 0.3) is 0 Å². The van der Waals surface area contributed by atoms with Crippen molar-refractivity contribution >= 4 is 0 Å². The van der Waals surface area contributed by atoms with Crippen LogP contribution in [-0.4, -0.2) is 13.1 Å². The second-order valence-corrected chi connectivity index (χ2v) is 4.10. The molecule has 0 saturated carbocycles. The highest BCUT2D eigenvalue weighted by molar-refractivity contribution is 5.20. The lowest BCUT2D eigenvalue weighted by atomic mass is 9.90. The zero-order valence-corrected chi connectivity index (χ0v) is 8.60. The standard InChI is InChI=1S/C12H15F2N/c13-11-2-1-3-12(14)10(11)8-9-4-6-15-7-5-9/h1-3,9,15H,4-8H2. The van der Waals surface area contributed by atoms with Gasteiger partial charge in [-0.2, -0.15) is 0 Å². The van der Waals surface area contributed by atoms with Crippen molar-refractivity contribution in [1.82, 2.24) is 5.32 Å². The topological polar surface area (TPSA) is 12.0 Å². The largest absolute Gasteiger partial charge is 0.317 e. The summed E-state index contributed by atoms with van der Waals surface area (Å²) in [7, 11) is 0. The zero-order chi connectivity index (χ0) is 10.7. The molecule has 0 radical (unpaired) electrons. The van der Waals surface area contributed by atoms with Crippen LogP contribution in [0.25, 0.3) is 0 Å². The maximum Gasteiger partial charge on any atom is 0.129 e. The molecule has 1 aromatic carbocycles. The van der Waals surface area contributed by atoms with E-state index in [1.807, 2.05) is 0 Å². The van der Waals surface area contributed by atoms with Crippen molar-refractivity contribution in [2.75, 3.05) is 13.1 Å². The number of halogens is 2. The number of piperidine rings is 1. The summed E-state index contributed by atoms with van der Waals surface area (Å²) in [4.78, 5) is 0. The molecule has 1 heterocycles. The molecule has 1 nitrogen and oxygen atoms in total. The van der Waals surface area contributed by atoms with Gasteiger partial charge in [-0.15, -0.1) is 0 Å². The molecule has 0 spiro atoms. The van der Waals surface area contributed by atoms with Gasteiger partial charge in [0.1, 0.15) is 11.6 Å². The Labute approximate surface area is 88.5 Å². The van der Waals surface area contributed by atoms with Gasteiger partial charge in [-0.1, -0.05) is 6.07 Å². The Balaban J connectivity index is 2.09. The van der Waals surface area contributed by atoms with Gasteiger partial charge in [-0.25, -0.2) is 8.78 Å². The van der Waals surface area contributed by atoms with Crippen molar-refractivity contribution < 1.29 is 8.78 Å². The van der Waals surface area contributed by atoms with Gasteiger partial charge in [0.05, 0.1) is 0 Å². The minimum absolute atomic E-state index is 0.254. The number of hydrogen-bond acceptors (Lipinski definition) is 1. The van der Waals surface area contributed by atoms with Crippen LogP contribution in [0.15, 0.2) is 18.2 Å². The minimum Gasteiger partial charge on any atom is -0.317 e. The predicted octanol–water partition coefficient (Wildman–Crippen LogP) is 2.51. The third-order valence-corrected chi connectivity index (χ3v) is 3.01. The molecule has 0 bridgehead atoms. The van der Waals surface area contributed by atoms with Crippen LogP contribution in [0.3, 0.4) is 0 Å². The second kappa shape index (κ2) is 4.71. The Morgan fingerprint density at radius 2 is 1.73 bits per heavy atom. The first-order chi connectivity index (χ1) is 7.27. The average Bonchev–Trinajstić information content (AvgIpc) is 2.25. The molecule has 1 N–H and O–H groups in total. The number of nitrogens with one attached hydrogen (secondary N) is 1. The van der Waals surface area contributed by atoms with E-state index in [0.29, 0.717) is 12.3 Å². The van der Waals surface area contributed by atoms with E-state index in [9.17, 15) is 8.78 Å². The lowest BCUT2D eigenvalue weighted by Crippen LogP contribution is -2.29. The van der Waals surface area contributed by atoms with Crippen LogP contribution in [0.5, 0.6) is 0 Å². The van der Waals surface area contributed by atoms with Gasteiger partial charge >= 0.3 is 0 Å². The van der Waals surface area contributed by atoms with E-state index in [1.54, 1.807) is 0 Å². The molecule has 2 rings (SSSR count). The molecule has 1 aromatic rings. The van der Waals surface area contributed by atoms with Crippen molar-refractivity contribution in [3.63, 3.8) is 0 Å². The molecule has 1 saturated heterocycles. The fraction of sp³-hybridized carbons (Fsp3) is 0.500. The quantitative estimate of drug-likeness (QED) is 0.792. The van der Waals surface area contributed by atoms with Crippen molar-refractivity contribution in [1.29, 1.82) is 0 Å². The van der Waals surface area contributed by atoms with Gasteiger partial charge in [0.2, 0.25) is 0 Å². The molecule has 15 heavy (non-hydrogen) atoms. The smallest absolute Gasteiger partial charge is 0.129 e. The molecule has 0 aliphatic carbocycles. The van der Waals surface area contributed by atoms with E-state index in [1.165, 1.54) is 18.2 Å². The Morgan fingerprint density at radius 1 is 1.13 bits per heavy atom. The third kappa shape index (κ3) is 2.53. The molecule has 1 aliphatic rings. The Hall–Kier alpha value is -0.960. The van der Waals surface area contributed by atoms with Crippen LogP contribution < -0.4 is 5.32 Å². The van der Waals surface area contributed by atoms with Crippen LogP contribution >= 0.6 is 0 Å². The summed E-state index contributed by atoms with van der Waals surface area (Å²) in [5, 5.41) is 3.24. The average molecular weight is 211 g/mol. The van der Waals surface area contributed by atoms with E-state index in [-0.39, 0.29) is 5.56 Å². The van der Waals surface area contributed by atoms with E-state index in [2.05, 4.69) is 5.32 Å². The maximum absolute atomic E-state index is 13.3. The van der Waals surface area contributed by atoms with Crippen LogP contribution in [0.2, 0.25) is 0 Å². The fourth-order valence-electron chi connectivity index (χ4n) is 2.10. The first-order valence-corrected chi connectivity index (χ1v) is 5.41. The van der Waals surface area contributed by atoms with Crippen LogP contribution in [0.1, 0.15) is 18.4 Å². The SMILES string of the molecule is Fc1cccc(F)c1CC1CCNCC1. The maximum atomic E-state index is 13.3. The molecule has 0 amide bonds. The first kappa shape index (κ1) is 10.6. The van der Waals surface area contributed by atoms with Gasteiger partial charge in [0, 0.05) is 5.56 Å². The van der Waals surface area contributed by atoms with Crippen molar-refractivity contribution in [3.05, 3.63) is 35.4 Å². The summed E-state index contributed by atoms with van der Waals surface area (Å²) in [6.45, 7) is 1.92. The highest BCUT2D eigenvalue weighted by Crippen LogP contribution is 2.21. The van der Waals surface area contributed by atoms with Gasteiger partial charge in [-0.3, -0.25) is 0 Å². The van der Waals surface area contributed by atoms with Crippen LogP contribution in [0.4, 0.5) is 8.78 Å².